The van der Waals surface area contributed by atoms with Crippen LogP contribution in [0.4, 0.5) is 5.69 Å². The third-order valence-corrected chi connectivity index (χ3v) is 9.80. The fourth-order valence-corrected chi connectivity index (χ4v) is 6.74. The van der Waals surface area contributed by atoms with E-state index in [4.69, 9.17) is 8.97 Å². The van der Waals surface area contributed by atoms with Crippen molar-refractivity contribution in [3.8, 4) is 11.3 Å². The summed E-state index contributed by atoms with van der Waals surface area (Å²) in [7, 11) is -4.15. The van der Waals surface area contributed by atoms with Gasteiger partial charge in [0.15, 0.2) is 0 Å². The lowest BCUT2D eigenvalue weighted by atomic mass is 9.66. The molecule has 1 heterocycles. The Morgan fingerprint density at radius 1 is 0.933 bits per heavy atom. The Labute approximate surface area is 265 Å². The first kappa shape index (κ1) is 32.4. The molecule has 45 heavy (non-hydrogen) atoms. The van der Waals surface area contributed by atoms with Gasteiger partial charge in [-0.05, 0) is 103 Å². The zero-order valence-corrected chi connectivity index (χ0v) is 26.9. The number of hydrogen-bond donors (Lipinski definition) is 3. The number of fused-ring (bicyclic) bond motifs is 1. The highest BCUT2D eigenvalue weighted by atomic mass is 32.2. The van der Waals surface area contributed by atoms with Gasteiger partial charge in [-0.25, -0.2) is 0 Å². The molecule has 9 heteroatoms. The van der Waals surface area contributed by atoms with Gasteiger partial charge in [0.1, 0.15) is 11.3 Å². The summed E-state index contributed by atoms with van der Waals surface area (Å²) in [6.07, 6.45) is 4.69. The van der Waals surface area contributed by atoms with Crippen molar-refractivity contribution >= 4 is 38.6 Å². The topological polar surface area (TPSA) is 126 Å². The number of benzene rings is 3. The summed E-state index contributed by atoms with van der Waals surface area (Å²) in [6.45, 7) is 6.69. The van der Waals surface area contributed by atoms with Crippen molar-refractivity contribution in [2.75, 3.05) is 17.6 Å². The Hall–Kier alpha value is -3.95. The normalized spacial score (nSPS) is 18.0. The maximum absolute atomic E-state index is 13.9. The van der Waals surface area contributed by atoms with Crippen LogP contribution in [-0.4, -0.2) is 37.1 Å². The summed E-state index contributed by atoms with van der Waals surface area (Å²) in [4.78, 5) is 26.3. The van der Waals surface area contributed by atoms with E-state index in [9.17, 15) is 18.0 Å². The summed E-state index contributed by atoms with van der Waals surface area (Å²) in [5, 5.41) is 6.71. The number of carbonyl (C=O) groups excluding carboxylic acids is 2. The number of anilines is 1. The predicted octanol–water partition coefficient (Wildman–Crippen LogP) is 7.37. The summed E-state index contributed by atoms with van der Waals surface area (Å²) >= 11 is 0. The lowest BCUT2D eigenvalue weighted by molar-refractivity contribution is -0.122. The molecule has 4 aromatic rings. The van der Waals surface area contributed by atoms with E-state index >= 15 is 0 Å². The van der Waals surface area contributed by atoms with Crippen LogP contribution >= 0.6 is 0 Å². The number of amides is 2. The van der Waals surface area contributed by atoms with Gasteiger partial charge in [0, 0.05) is 34.7 Å². The van der Waals surface area contributed by atoms with E-state index in [0.717, 1.165) is 59.2 Å². The lowest BCUT2D eigenvalue weighted by Crippen LogP contribution is -2.35. The third-order valence-electron chi connectivity index (χ3n) is 9.08. The van der Waals surface area contributed by atoms with Crippen molar-refractivity contribution in [3.63, 3.8) is 0 Å². The van der Waals surface area contributed by atoms with Gasteiger partial charge in [-0.1, -0.05) is 51.1 Å². The van der Waals surface area contributed by atoms with Crippen molar-refractivity contribution in [2.45, 2.75) is 52.9 Å². The molecule has 0 aliphatic heterocycles. The molecule has 1 aliphatic rings. The van der Waals surface area contributed by atoms with Crippen LogP contribution in [0.25, 0.3) is 22.3 Å². The average molecular weight is 631 g/mol. The fourth-order valence-electron chi connectivity index (χ4n) is 6.38. The average Bonchev–Trinajstić information content (AvgIpc) is 3.44. The predicted molar refractivity (Wildman–Crippen MR) is 178 cm³/mol. The minimum atomic E-state index is -4.15. The molecule has 1 fully saturated rings. The molecular weight excluding hydrogens is 588 g/mol. The molecule has 1 saturated carbocycles. The van der Waals surface area contributed by atoms with Crippen molar-refractivity contribution in [1.29, 1.82) is 0 Å². The van der Waals surface area contributed by atoms with Crippen LogP contribution in [0.15, 0.2) is 83.3 Å². The van der Waals surface area contributed by atoms with Gasteiger partial charge >= 0.3 is 0 Å². The Balaban J connectivity index is 1.28. The van der Waals surface area contributed by atoms with Crippen LogP contribution in [0.3, 0.4) is 0 Å². The Morgan fingerprint density at radius 3 is 2.22 bits per heavy atom. The van der Waals surface area contributed by atoms with Crippen LogP contribution in [-0.2, 0) is 21.3 Å². The van der Waals surface area contributed by atoms with Crippen molar-refractivity contribution in [1.82, 2.24) is 5.32 Å². The quantitative estimate of drug-likeness (QED) is 0.157. The van der Waals surface area contributed by atoms with Crippen LogP contribution in [0.5, 0.6) is 0 Å². The number of nitrogens with one attached hydrogen (secondary N) is 2. The molecule has 0 spiro atoms. The molecule has 5 rings (SSSR count). The third kappa shape index (κ3) is 8.61. The van der Waals surface area contributed by atoms with E-state index in [0.29, 0.717) is 17.9 Å². The number of carbonyl (C=O) groups is 2. The molecule has 238 valence electrons. The fraction of sp³-hybridized carbons (Fsp3) is 0.389. The number of hydrogen-bond acceptors (Lipinski definition) is 5. The number of furan rings is 1. The molecule has 8 nitrogen and oxygen atoms in total. The lowest BCUT2D eigenvalue weighted by Gasteiger charge is -2.39. The molecule has 1 aliphatic carbocycles. The maximum Gasteiger partial charge on any atom is 0.266 e. The molecule has 1 unspecified atom stereocenters. The SMILES string of the molecule is CC(C)(C)[C@H]1CC[C@H](C(Cc2ccc(C(=O)NCCS(=O)(=O)O)cc2)C(=O)Nc2ccc(-c3cc4ccccc4o3)cc2)CC1. The summed E-state index contributed by atoms with van der Waals surface area (Å²) in [5.74, 6) is 0.411. The van der Waals surface area contributed by atoms with Gasteiger partial charge in [-0.3, -0.25) is 14.1 Å². The molecule has 1 atom stereocenters. The van der Waals surface area contributed by atoms with E-state index in [1.807, 2.05) is 66.7 Å². The Bertz CT molecular complexity index is 1700. The van der Waals surface area contributed by atoms with Crippen molar-refractivity contribution in [2.24, 2.45) is 23.2 Å². The first-order valence-corrected chi connectivity index (χ1v) is 17.2. The van der Waals surface area contributed by atoms with Crippen LogP contribution in [0.1, 0.15) is 62.4 Å². The number of para-hydroxylation sites is 1. The van der Waals surface area contributed by atoms with Gasteiger partial charge in [0.2, 0.25) is 5.91 Å². The highest BCUT2D eigenvalue weighted by molar-refractivity contribution is 7.85. The molecule has 3 aromatic carbocycles. The van der Waals surface area contributed by atoms with Crippen LogP contribution < -0.4 is 10.6 Å². The smallest absolute Gasteiger partial charge is 0.266 e. The molecule has 0 radical (unpaired) electrons. The second-order valence-electron chi connectivity index (χ2n) is 13.2. The monoisotopic (exact) mass is 630 g/mol. The minimum absolute atomic E-state index is 0.0160. The highest BCUT2D eigenvalue weighted by Gasteiger charge is 2.35. The molecule has 0 bridgehead atoms. The molecular formula is C36H42N2O6S. The summed E-state index contributed by atoms with van der Waals surface area (Å²) < 4.78 is 36.8. The molecule has 1 aromatic heterocycles. The van der Waals surface area contributed by atoms with Gasteiger partial charge in [0.25, 0.3) is 16.0 Å². The maximum atomic E-state index is 13.9. The van der Waals surface area contributed by atoms with Crippen LogP contribution in [0.2, 0.25) is 0 Å². The van der Waals surface area contributed by atoms with Crippen molar-refractivity contribution < 1.29 is 27.0 Å². The zero-order valence-electron chi connectivity index (χ0n) is 26.1. The van der Waals surface area contributed by atoms with E-state index in [2.05, 4.69) is 31.4 Å². The minimum Gasteiger partial charge on any atom is -0.456 e. The van der Waals surface area contributed by atoms with E-state index in [1.165, 1.54) is 0 Å². The summed E-state index contributed by atoms with van der Waals surface area (Å²) in [6, 6.07) is 24.7. The van der Waals surface area contributed by atoms with Gasteiger partial charge in [0.05, 0.1) is 5.75 Å². The number of rotatable bonds is 10. The van der Waals surface area contributed by atoms with Crippen molar-refractivity contribution in [3.05, 3.63) is 90.0 Å². The second kappa shape index (κ2) is 13.6. The van der Waals surface area contributed by atoms with E-state index < -0.39 is 21.8 Å². The van der Waals surface area contributed by atoms with E-state index in [1.54, 1.807) is 12.1 Å². The first-order chi connectivity index (χ1) is 21.4. The Kier molecular flexibility index (Phi) is 9.79. The van der Waals surface area contributed by atoms with Crippen LogP contribution in [0, 0.1) is 23.2 Å². The first-order valence-electron chi connectivity index (χ1n) is 15.6. The van der Waals surface area contributed by atoms with Gasteiger partial charge < -0.3 is 15.1 Å². The molecule has 2 amide bonds. The highest BCUT2D eigenvalue weighted by Crippen LogP contribution is 2.43. The van der Waals surface area contributed by atoms with E-state index in [-0.39, 0.29) is 29.7 Å². The summed E-state index contributed by atoms with van der Waals surface area (Å²) in [5.41, 5.74) is 4.06. The van der Waals surface area contributed by atoms with Gasteiger partial charge in [-0.2, -0.15) is 8.42 Å². The zero-order chi connectivity index (χ0) is 32.2. The largest absolute Gasteiger partial charge is 0.456 e. The van der Waals surface area contributed by atoms with Gasteiger partial charge in [-0.15, -0.1) is 0 Å². The molecule has 3 N–H and O–H groups in total. The second-order valence-corrected chi connectivity index (χ2v) is 14.8. The molecule has 0 saturated heterocycles. The standard InChI is InChI=1S/C36H42N2O6S/c1-36(2,3)29-16-12-25(13-17-29)31(22-24-8-10-27(11-9-24)34(39)37-20-21-45(41,42)43)35(40)38-30-18-14-26(15-19-30)33-23-28-6-4-5-7-32(28)44-33/h4-11,14-15,18-19,23,25,29,31H,12-13,16-17,20-22H2,1-3H3,(H,37,39)(H,38,40)(H,41,42,43)/t25-,29-,31?. The Morgan fingerprint density at radius 2 is 1.60 bits per heavy atom.